The van der Waals surface area contributed by atoms with Gasteiger partial charge < -0.3 is 10.1 Å². The summed E-state index contributed by atoms with van der Waals surface area (Å²) in [5.41, 5.74) is 1.05. The molecule has 1 aromatic rings. The first-order chi connectivity index (χ1) is 7.06. The van der Waals surface area contributed by atoms with E-state index in [4.69, 9.17) is 4.74 Å². The molecule has 2 rings (SSSR count). The number of nitrogens with zero attached hydrogens (tertiary/aromatic N) is 2. The second-order valence-corrected chi connectivity index (χ2v) is 3.97. The zero-order valence-corrected chi connectivity index (χ0v) is 9.15. The van der Waals surface area contributed by atoms with Gasteiger partial charge in [-0.2, -0.15) is 5.10 Å². The largest absolute Gasteiger partial charge is 0.461 e. The SMILES string of the molecule is Cc1cc(NC2CC(C)OC2=O)nn1C. The van der Waals surface area contributed by atoms with Gasteiger partial charge in [-0.15, -0.1) is 0 Å². The van der Waals surface area contributed by atoms with Crippen LogP contribution in [0.4, 0.5) is 5.82 Å². The Balaban J connectivity index is 2.06. The van der Waals surface area contributed by atoms with Gasteiger partial charge in [-0.05, 0) is 13.8 Å². The Kier molecular flexibility index (Phi) is 2.38. The first-order valence-corrected chi connectivity index (χ1v) is 5.04. The fourth-order valence-electron chi connectivity index (χ4n) is 1.68. The van der Waals surface area contributed by atoms with Crippen LogP contribution in [-0.2, 0) is 16.6 Å². The van der Waals surface area contributed by atoms with E-state index >= 15 is 0 Å². The molecule has 5 heteroatoms. The Morgan fingerprint density at radius 3 is 2.87 bits per heavy atom. The lowest BCUT2D eigenvalue weighted by molar-refractivity contribution is -0.141. The average molecular weight is 209 g/mol. The molecule has 2 atom stereocenters. The van der Waals surface area contributed by atoms with E-state index in [-0.39, 0.29) is 18.1 Å². The van der Waals surface area contributed by atoms with Crippen molar-refractivity contribution in [2.75, 3.05) is 5.32 Å². The number of hydrogen-bond acceptors (Lipinski definition) is 4. The molecule has 0 bridgehead atoms. The average Bonchev–Trinajstić information content (AvgIpc) is 2.59. The number of ether oxygens (including phenoxy) is 1. The molecular formula is C10H15N3O2. The highest BCUT2D eigenvalue weighted by Crippen LogP contribution is 2.18. The van der Waals surface area contributed by atoms with E-state index in [0.29, 0.717) is 6.42 Å². The van der Waals surface area contributed by atoms with E-state index in [0.717, 1.165) is 11.5 Å². The number of anilines is 1. The molecule has 1 saturated heterocycles. The molecule has 0 spiro atoms. The summed E-state index contributed by atoms with van der Waals surface area (Å²) in [6.07, 6.45) is 0.703. The lowest BCUT2D eigenvalue weighted by atomic mass is 10.2. The van der Waals surface area contributed by atoms with Gasteiger partial charge in [0.25, 0.3) is 0 Å². The molecule has 1 fully saturated rings. The quantitative estimate of drug-likeness (QED) is 0.733. The third-order valence-electron chi connectivity index (χ3n) is 2.61. The predicted molar refractivity (Wildman–Crippen MR) is 55.5 cm³/mol. The third-order valence-corrected chi connectivity index (χ3v) is 2.61. The highest BCUT2D eigenvalue weighted by Gasteiger charge is 2.32. The number of esters is 1. The summed E-state index contributed by atoms with van der Waals surface area (Å²) < 4.78 is 6.82. The van der Waals surface area contributed by atoms with Gasteiger partial charge in [-0.1, -0.05) is 0 Å². The minimum absolute atomic E-state index is 0.000177. The summed E-state index contributed by atoms with van der Waals surface area (Å²) in [6.45, 7) is 3.86. The van der Waals surface area contributed by atoms with Crippen LogP contribution in [0, 0.1) is 6.92 Å². The van der Waals surface area contributed by atoms with Crippen molar-refractivity contribution in [3.8, 4) is 0 Å². The van der Waals surface area contributed by atoms with Crippen molar-refractivity contribution in [3.63, 3.8) is 0 Å². The van der Waals surface area contributed by atoms with Crippen LogP contribution in [-0.4, -0.2) is 27.9 Å². The zero-order chi connectivity index (χ0) is 11.0. The van der Waals surface area contributed by atoms with Crippen molar-refractivity contribution >= 4 is 11.8 Å². The van der Waals surface area contributed by atoms with Crippen LogP contribution < -0.4 is 5.32 Å². The van der Waals surface area contributed by atoms with Gasteiger partial charge in [-0.3, -0.25) is 4.68 Å². The van der Waals surface area contributed by atoms with Crippen LogP contribution in [0.5, 0.6) is 0 Å². The maximum absolute atomic E-state index is 11.4. The molecule has 82 valence electrons. The van der Waals surface area contributed by atoms with E-state index in [1.165, 1.54) is 0 Å². The normalized spacial score (nSPS) is 25.4. The topological polar surface area (TPSA) is 56.1 Å². The van der Waals surface area contributed by atoms with Gasteiger partial charge in [0, 0.05) is 25.2 Å². The number of rotatable bonds is 2. The Bertz CT molecular complexity index is 367. The van der Waals surface area contributed by atoms with Crippen LogP contribution in [0.1, 0.15) is 19.0 Å². The molecule has 2 unspecified atom stereocenters. The van der Waals surface area contributed by atoms with Gasteiger partial charge in [0.05, 0.1) is 0 Å². The smallest absolute Gasteiger partial charge is 0.329 e. The second kappa shape index (κ2) is 3.56. The summed E-state index contributed by atoms with van der Waals surface area (Å²) in [7, 11) is 1.87. The lowest BCUT2D eigenvalue weighted by Crippen LogP contribution is -2.24. The van der Waals surface area contributed by atoms with Crippen LogP contribution in [0.3, 0.4) is 0 Å². The summed E-state index contributed by atoms with van der Waals surface area (Å²) in [5, 5.41) is 7.31. The summed E-state index contributed by atoms with van der Waals surface area (Å²) >= 11 is 0. The molecule has 0 radical (unpaired) electrons. The second-order valence-electron chi connectivity index (χ2n) is 3.97. The maximum Gasteiger partial charge on any atom is 0.329 e. The summed E-state index contributed by atoms with van der Waals surface area (Å²) in [6, 6.07) is 1.66. The van der Waals surface area contributed by atoms with Gasteiger partial charge in [-0.25, -0.2) is 4.79 Å². The van der Waals surface area contributed by atoms with Crippen molar-refractivity contribution in [2.24, 2.45) is 7.05 Å². The van der Waals surface area contributed by atoms with E-state index in [2.05, 4.69) is 10.4 Å². The van der Waals surface area contributed by atoms with Gasteiger partial charge in [0.15, 0.2) is 0 Å². The molecule has 2 heterocycles. The van der Waals surface area contributed by atoms with Crippen molar-refractivity contribution in [1.29, 1.82) is 0 Å². The van der Waals surface area contributed by atoms with Gasteiger partial charge >= 0.3 is 5.97 Å². The van der Waals surface area contributed by atoms with Crippen LogP contribution >= 0.6 is 0 Å². The lowest BCUT2D eigenvalue weighted by Gasteiger charge is -2.05. The molecule has 1 N–H and O–H groups in total. The highest BCUT2D eigenvalue weighted by atomic mass is 16.6. The number of aryl methyl sites for hydroxylation is 2. The molecule has 0 aromatic carbocycles. The first kappa shape index (κ1) is 10.0. The van der Waals surface area contributed by atoms with E-state index in [1.807, 2.05) is 27.0 Å². The van der Waals surface area contributed by atoms with Crippen molar-refractivity contribution < 1.29 is 9.53 Å². The van der Waals surface area contributed by atoms with Gasteiger partial charge in [0.1, 0.15) is 18.0 Å². The molecule has 15 heavy (non-hydrogen) atoms. The number of aromatic nitrogens is 2. The molecule has 1 aromatic heterocycles. The molecule has 0 aliphatic carbocycles. The number of hydrogen-bond donors (Lipinski definition) is 1. The third kappa shape index (κ3) is 1.95. The van der Waals surface area contributed by atoms with E-state index < -0.39 is 0 Å². The Hall–Kier alpha value is -1.52. The molecule has 5 nitrogen and oxygen atoms in total. The highest BCUT2D eigenvalue weighted by molar-refractivity contribution is 5.80. The summed E-state index contributed by atoms with van der Waals surface area (Å²) in [5.74, 6) is 0.539. The molecular weight excluding hydrogens is 194 g/mol. The molecule has 0 saturated carbocycles. The Morgan fingerprint density at radius 2 is 2.40 bits per heavy atom. The monoisotopic (exact) mass is 209 g/mol. The number of carbonyl (C=O) groups is 1. The van der Waals surface area contributed by atoms with E-state index in [1.54, 1.807) is 4.68 Å². The minimum Gasteiger partial charge on any atom is -0.461 e. The van der Waals surface area contributed by atoms with Crippen molar-refractivity contribution in [1.82, 2.24) is 9.78 Å². The van der Waals surface area contributed by atoms with Crippen molar-refractivity contribution in [2.45, 2.75) is 32.4 Å². The van der Waals surface area contributed by atoms with Crippen molar-refractivity contribution in [3.05, 3.63) is 11.8 Å². The van der Waals surface area contributed by atoms with Gasteiger partial charge in [0.2, 0.25) is 0 Å². The first-order valence-electron chi connectivity index (χ1n) is 5.04. The van der Waals surface area contributed by atoms with Crippen LogP contribution in [0.25, 0.3) is 0 Å². The zero-order valence-electron chi connectivity index (χ0n) is 9.15. The predicted octanol–water partition coefficient (Wildman–Crippen LogP) is 0.844. The number of cyclic esters (lactones) is 1. The molecule has 1 aliphatic rings. The Labute approximate surface area is 88.4 Å². The van der Waals surface area contributed by atoms with Crippen LogP contribution in [0.15, 0.2) is 6.07 Å². The standard InChI is InChI=1S/C10H15N3O2/c1-6-4-9(12-13(6)3)11-8-5-7(2)15-10(8)14/h4,7-8H,5H2,1-3H3,(H,11,12). The summed E-state index contributed by atoms with van der Waals surface area (Å²) in [4.78, 5) is 11.4. The maximum atomic E-state index is 11.4. The van der Waals surface area contributed by atoms with Crippen LogP contribution in [0.2, 0.25) is 0 Å². The number of nitrogens with one attached hydrogen (secondary N) is 1. The molecule has 0 amide bonds. The fourth-order valence-corrected chi connectivity index (χ4v) is 1.68. The minimum atomic E-state index is -0.255. The Morgan fingerprint density at radius 1 is 1.67 bits per heavy atom. The fraction of sp³-hybridized carbons (Fsp3) is 0.600. The number of carbonyl (C=O) groups excluding carboxylic acids is 1. The molecule has 1 aliphatic heterocycles. The van der Waals surface area contributed by atoms with E-state index in [9.17, 15) is 4.79 Å².